The summed E-state index contributed by atoms with van der Waals surface area (Å²) in [5.74, 6) is 0.726. The van der Waals surface area contributed by atoms with Crippen molar-refractivity contribution < 1.29 is 53.0 Å². The van der Waals surface area contributed by atoms with Crippen LogP contribution in [0, 0.1) is 0 Å². The van der Waals surface area contributed by atoms with Gasteiger partial charge in [0.15, 0.2) is 29.3 Å². The minimum atomic E-state index is -1.30. The van der Waals surface area contributed by atoms with Crippen LogP contribution in [0.5, 0.6) is 34.5 Å². The van der Waals surface area contributed by atoms with Crippen molar-refractivity contribution in [3.05, 3.63) is 35.4 Å². The van der Waals surface area contributed by atoms with Crippen LogP contribution in [0.3, 0.4) is 0 Å². The fourth-order valence-electron chi connectivity index (χ4n) is 3.68. The first-order valence-corrected chi connectivity index (χ1v) is 11.8. The maximum Gasteiger partial charge on any atom is 0.251 e. The van der Waals surface area contributed by atoms with E-state index in [0.717, 1.165) is 0 Å². The Hall–Kier alpha value is -3.94. The van der Waals surface area contributed by atoms with Crippen LogP contribution in [-0.2, 0) is 4.74 Å². The largest absolute Gasteiger partial charge is 0.493 e. The van der Waals surface area contributed by atoms with Gasteiger partial charge in [-0.05, 0) is 31.2 Å². The molecule has 13 nitrogen and oxygen atoms in total. The summed E-state index contributed by atoms with van der Waals surface area (Å²) in [7, 11) is 8.59. The van der Waals surface area contributed by atoms with Gasteiger partial charge in [0, 0.05) is 24.2 Å². The molecule has 2 aromatic carbocycles. The van der Waals surface area contributed by atoms with Crippen LogP contribution < -0.4 is 39.1 Å². The molecule has 13 heteroatoms. The molecule has 0 heterocycles. The lowest BCUT2D eigenvalue weighted by Crippen LogP contribution is -2.47. The molecule has 4 N–H and O–H groups in total. The molecule has 0 aromatic heterocycles. The van der Waals surface area contributed by atoms with Crippen molar-refractivity contribution in [2.45, 2.75) is 25.4 Å². The number of amides is 2. The van der Waals surface area contributed by atoms with Gasteiger partial charge in [-0.3, -0.25) is 9.59 Å². The fraction of sp³-hybridized carbons (Fsp3) is 0.462. The number of carbonyl (C=O) groups excluding carboxylic acids is 2. The SMILES string of the molecule is COc1cc(C(=O)NC[C@H](O)[C@@H](CNC(=O)c2cc(OC)c(OC)c(OC)c2)OC(C)O)cc(OC)c1OC. The van der Waals surface area contributed by atoms with Gasteiger partial charge in [-0.15, -0.1) is 0 Å². The summed E-state index contributed by atoms with van der Waals surface area (Å²) >= 11 is 0. The van der Waals surface area contributed by atoms with Crippen LogP contribution in [-0.4, -0.2) is 96.3 Å². The van der Waals surface area contributed by atoms with E-state index >= 15 is 0 Å². The van der Waals surface area contributed by atoms with E-state index in [1.165, 1.54) is 73.8 Å². The Bertz CT molecular complexity index is 1070. The number of nitrogens with one attached hydrogen (secondary N) is 2. The summed E-state index contributed by atoms with van der Waals surface area (Å²) in [6.45, 7) is 0.907. The number of benzene rings is 2. The molecule has 2 rings (SSSR count). The molecule has 39 heavy (non-hydrogen) atoms. The van der Waals surface area contributed by atoms with Gasteiger partial charge in [0.1, 0.15) is 6.10 Å². The second kappa shape index (κ2) is 14.9. The van der Waals surface area contributed by atoms with Crippen LogP contribution in [0.25, 0.3) is 0 Å². The van der Waals surface area contributed by atoms with Gasteiger partial charge in [0.05, 0.1) is 48.8 Å². The normalized spacial score (nSPS) is 12.9. The van der Waals surface area contributed by atoms with Crippen LogP contribution in [0.1, 0.15) is 27.6 Å². The van der Waals surface area contributed by atoms with Crippen molar-refractivity contribution in [2.75, 3.05) is 55.7 Å². The number of carbonyl (C=O) groups is 2. The lowest BCUT2D eigenvalue weighted by atomic mass is 10.1. The smallest absolute Gasteiger partial charge is 0.251 e. The maximum absolute atomic E-state index is 12.9. The third-order valence-corrected chi connectivity index (χ3v) is 5.59. The predicted octanol–water partition coefficient (Wildman–Crippen LogP) is 0.982. The second-order valence-electron chi connectivity index (χ2n) is 8.09. The van der Waals surface area contributed by atoms with E-state index in [1.54, 1.807) is 0 Å². The quantitative estimate of drug-likeness (QED) is 0.233. The van der Waals surface area contributed by atoms with E-state index in [9.17, 15) is 19.8 Å². The van der Waals surface area contributed by atoms with Crippen LogP contribution in [0.15, 0.2) is 24.3 Å². The number of aliphatic hydroxyl groups is 2. The number of rotatable bonds is 15. The number of hydrogen-bond acceptors (Lipinski definition) is 11. The molecule has 0 saturated heterocycles. The minimum Gasteiger partial charge on any atom is -0.493 e. The Morgan fingerprint density at radius 2 is 1.03 bits per heavy atom. The first-order chi connectivity index (χ1) is 18.6. The second-order valence-corrected chi connectivity index (χ2v) is 8.09. The third kappa shape index (κ3) is 8.02. The summed E-state index contributed by atoms with van der Waals surface area (Å²) < 4.78 is 37.0. The zero-order valence-corrected chi connectivity index (χ0v) is 23.0. The molecule has 2 amide bonds. The number of hydrogen-bond donors (Lipinski definition) is 4. The summed E-state index contributed by atoms with van der Waals surface area (Å²) in [6.07, 6.45) is -3.63. The highest BCUT2D eigenvalue weighted by Gasteiger charge is 2.25. The summed E-state index contributed by atoms with van der Waals surface area (Å²) in [5.41, 5.74) is 0.394. The molecular formula is C26H36N2O11. The molecule has 0 radical (unpaired) electrons. The molecule has 2 aromatic rings. The molecule has 0 spiro atoms. The molecule has 0 aliphatic carbocycles. The zero-order valence-electron chi connectivity index (χ0n) is 23.0. The van der Waals surface area contributed by atoms with Crippen molar-refractivity contribution in [1.29, 1.82) is 0 Å². The van der Waals surface area contributed by atoms with Crippen molar-refractivity contribution in [1.82, 2.24) is 10.6 Å². The Morgan fingerprint density at radius 3 is 1.33 bits per heavy atom. The average Bonchev–Trinajstić information content (AvgIpc) is 2.95. The van der Waals surface area contributed by atoms with Crippen LogP contribution >= 0.6 is 0 Å². The van der Waals surface area contributed by atoms with Gasteiger partial charge in [-0.25, -0.2) is 0 Å². The topological polar surface area (TPSA) is 163 Å². The predicted molar refractivity (Wildman–Crippen MR) is 139 cm³/mol. The van der Waals surface area contributed by atoms with Crippen molar-refractivity contribution in [3.63, 3.8) is 0 Å². The molecule has 1 unspecified atom stereocenters. The third-order valence-electron chi connectivity index (χ3n) is 5.59. The Morgan fingerprint density at radius 1 is 0.667 bits per heavy atom. The van der Waals surface area contributed by atoms with Gasteiger partial charge >= 0.3 is 0 Å². The highest BCUT2D eigenvalue weighted by atomic mass is 16.6. The van der Waals surface area contributed by atoms with Gasteiger partial charge < -0.3 is 54.0 Å². The van der Waals surface area contributed by atoms with Crippen molar-refractivity contribution in [2.24, 2.45) is 0 Å². The molecule has 3 atom stereocenters. The highest BCUT2D eigenvalue weighted by Crippen LogP contribution is 2.39. The molecule has 0 aliphatic heterocycles. The van der Waals surface area contributed by atoms with E-state index in [-0.39, 0.29) is 47.2 Å². The lowest BCUT2D eigenvalue weighted by molar-refractivity contribution is -0.151. The van der Waals surface area contributed by atoms with E-state index in [1.807, 2.05) is 0 Å². The Balaban J connectivity index is 2.12. The molecule has 0 saturated carbocycles. The standard InChI is InChI=1S/C26H36N2O11/c1-14(29)39-22(13-28-26(32)16-10-20(35-4)24(38-7)21(11-16)36-5)17(30)12-27-25(31)15-8-18(33-2)23(37-6)19(9-15)34-3/h8-11,14,17,22,29-30H,12-13H2,1-7H3,(H,27,31)(H,28,32)/t14?,17-,22+/m0/s1. The first-order valence-electron chi connectivity index (χ1n) is 11.8. The maximum atomic E-state index is 12.9. The van der Waals surface area contributed by atoms with Crippen molar-refractivity contribution in [3.8, 4) is 34.5 Å². The Labute approximate surface area is 226 Å². The first kappa shape index (κ1) is 31.3. The van der Waals surface area contributed by atoms with E-state index in [0.29, 0.717) is 11.5 Å². The van der Waals surface area contributed by atoms with Gasteiger partial charge in [-0.2, -0.15) is 0 Å². The molecule has 0 aliphatic rings. The highest BCUT2D eigenvalue weighted by molar-refractivity contribution is 5.96. The molecule has 0 bridgehead atoms. The molecule has 216 valence electrons. The van der Waals surface area contributed by atoms with E-state index < -0.39 is 30.3 Å². The average molecular weight is 553 g/mol. The summed E-state index contributed by atoms with van der Waals surface area (Å²) in [5, 5.41) is 25.7. The monoisotopic (exact) mass is 552 g/mol. The summed E-state index contributed by atoms with van der Waals surface area (Å²) in [4.78, 5) is 25.6. The number of ether oxygens (including phenoxy) is 7. The van der Waals surface area contributed by atoms with Crippen LogP contribution in [0.4, 0.5) is 0 Å². The zero-order chi connectivity index (χ0) is 29.1. The summed E-state index contributed by atoms with van der Waals surface area (Å²) in [6, 6.07) is 5.86. The van der Waals surface area contributed by atoms with Crippen LogP contribution in [0.2, 0.25) is 0 Å². The molecule has 0 fully saturated rings. The van der Waals surface area contributed by atoms with Gasteiger partial charge in [0.2, 0.25) is 11.5 Å². The minimum absolute atomic E-state index is 0.193. The lowest BCUT2D eigenvalue weighted by Gasteiger charge is -2.25. The van der Waals surface area contributed by atoms with E-state index in [2.05, 4.69) is 10.6 Å². The van der Waals surface area contributed by atoms with Gasteiger partial charge in [-0.1, -0.05) is 0 Å². The number of methoxy groups -OCH3 is 6. The van der Waals surface area contributed by atoms with E-state index in [4.69, 9.17) is 33.2 Å². The Kier molecular flexibility index (Phi) is 11.9. The molecular weight excluding hydrogens is 516 g/mol. The number of aliphatic hydroxyl groups excluding tert-OH is 2. The fourth-order valence-corrected chi connectivity index (χ4v) is 3.68. The van der Waals surface area contributed by atoms with Crippen molar-refractivity contribution >= 4 is 11.8 Å². The van der Waals surface area contributed by atoms with Gasteiger partial charge in [0.25, 0.3) is 11.8 Å².